The highest BCUT2D eigenvalue weighted by atomic mass is 35.5. The molecule has 4 saturated heterocycles. The number of amides is 1. The number of carbonyl (C=O) groups excluding carboxylic acids is 1. The molecule has 9 nitrogen and oxygen atoms in total. The van der Waals surface area contributed by atoms with Crippen molar-refractivity contribution in [2.24, 2.45) is 0 Å². The number of pyridine rings is 1. The minimum atomic E-state index is -0.588. The van der Waals surface area contributed by atoms with Gasteiger partial charge in [0.25, 0.3) is 0 Å². The molecular weight excluding hydrogens is 666 g/mol. The van der Waals surface area contributed by atoms with Crippen LogP contribution in [0.1, 0.15) is 59.3 Å². The summed E-state index contributed by atoms with van der Waals surface area (Å²) in [5.41, 5.74) is 0.181. The third kappa shape index (κ3) is 5.73. The molecule has 0 saturated carbocycles. The summed E-state index contributed by atoms with van der Waals surface area (Å²) in [5.74, 6) is 0.591. The van der Waals surface area contributed by atoms with Gasteiger partial charge in [0.2, 0.25) is 0 Å². The second-order valence-electron chi connectivity index (χ2n) is 15.0. The Labute approximate surface area is 295 Å². The number of hydrogen-bond acceptors (Lipinski definition) is 8. The molecule has 49 heavy (non-hydrogen) atoms. The summed E-state index contributed by atoms with van der Waals surface area (Å²) in [4.78, 5) is 34.1. The lowest BCUT2D eigenvalue weighted by atomic mass is 9.95. The van der Waals surface area contributed by atoms with Gasteiger partial charge < -0.3 is 14.4 Å². The third-order valence-electron chi connectivity index (χ3n) is 10.8. The topological polar surface area (TPSA) is 83.9 Å². The monoisotopic (exact) mass is 706 g/mol. The molecule has 12 heteroatoms. The van der Waals surface area contributed by atoms with Crippen LogP contribution in [0.5, 0.6) is 6.01 Å². The maximum absolute atomic E-state index is 16.9. The molecule has 8 rings (SSSR count). The van der Waals surface area contributed by atoms with Crippen LogP contribution in [-0.2, 0) is 4.74 Å². The highest BCUT2D eigenvalue weighted by molar-refractivity contribution is 6.36. The Balaban J connectivity index is 1.19. The van der Waals surface area contributed by atoms with Gasteiger partial charge in [-0.1, -0.05) is 41.9 Å². The molecule has 4 unspecified atom stereocenters. The van der Waals surface area contributed by atoms with E-state index in [2.05, 4.69) is 14.8 Å². The summed E-state index contributed by atoms with van der Waals surface area (Å²) in [5, 5.41) is 2.64. The minimum Gasteiger partial charge on any atom is -0.461 e. The van der Waals surface area contributed by atoms with E-state index in [1.807, 2.05) is 56.0 Å². The Hall–Kier alpha value is -3.47. The van der Waals surface area contributed by atoms with Crippen LogP contribution in [0.4, 0.5) is 15.0 Å². The Kier molecular flexibility index (Phi) is 8.27. The van der Waals surface area contributed by atoms with Crippen molar-refractivity contribution in [3.8, 4) is 17.3 Å². The zero-order chi connectivity index (χ0) is 34.1. The lowest BCUT2D eigenvalue weighted by molar-refractivity contribution is 0.0122. The first-order chi connectivity index (χ1) is 23.5. The van der Waals surface area contributed by atoms with Gasteiger partial charge in [0.15, 0.2) is 5.82 Å². The molecule has 6 heterocycles. The largest absolute Gasteiger partial charge is 0.461 e. The maximum atomic E-state index is 16.9. The Morgan fingerprint density at radius 3 is 2.55 bits per heavy atom. The van der Waals surface area contributed by atoms with Gasteiger partial charge in [-0.05, 0) is 77.3 Å². The molecule has 4 aromatic rings. The van der Waals surface area contributed by atoms with Crippen LogP contribution >= 0.6 is 23.2 Å². The van der Waals surface area contributed by atoms with Crippen LogP contribution in [0, 0.1) is 5.82 Å². The molecule has 2 aromatic carbocycles. The van der Waals surface area contributed by atoms with E-state index < -0.39 is 11.4 Å². The fourth-order valence-electron chi connectivity index (χ4n) is 8.67. The van der Waals surface area contributed by atoms with Gasteiger partial charge >= 0.3 is 12.1 Å². The highest BCUT2D eigenvalue weighted by Crippen LogP contribution is 2.44. The van der Waals surface area contributed by atoms with Gasteiger partial charge in [-0.15, -0.1) is 11.6 Å². The van der Waals surface area contributed by atoms with Gasteiger partial charge in [-0.3, -0.25) is 14.8 Å². The summed E-state index contributed by atoms with van der Waals surface area (Å²) < 4.78 is 29.2. The quantitative estimate of drug-likeness (QED) is 0.188. The number of anilines is 1. The molecule has 2 aromatic heterocycles. The average molecular weight is 708 g/mol. The van der Waals surface area contributed by atoms with E-state index in [1.54, 1.807) is 12.3 Å². The van der Waals surface area contributed by atoms with Crippen molar-refractivity contribution in [3.63, 3.8) is 0 Å². The number of halogens is 3. The standard InChI is InChI=1S/C37H41Cl2FN6O3/c1-36(2,3)49-35(47)46-24-11-12-25(46)20-44(19-24)33-27-18-41-31(26-9-4-7-22-8-5-10-28(39)29(22)26)30(40)32(27)42-34(43-33)48-21-37-14-6-16-45(37)23(17-38)13-15-37/h4-5,7-10,18,23-25H,6,11-17,19-21H2,1-3H3. The predicted octanol–water partition coefficient (Wildman–Crippen LogP) is 7.84. The number of alkyl halides is 1. The average Bonchev–Trinajstić information content (AvgIpc) is 3.72. The van der Waals surface area contributed by atoms with Crippen LogP contribution in [0.25, 0.3) is 32.9 Å². The number of rotatable bonds is 6. The van der Waals surface area contributed by atoms with Gasteiger partial charge in [-0.25, -0.2) is 9.18 Å². The number of ether oxygens (including phenoxy) is 2. The van der Waals surface area contributed by atoms with Crippen LogP contribution < -0.4 is 9.64 Å². The fourth-order valence-corrected chi connectivity index (χ4v) is 9.28. The summed E-state index contributed by atoms with van der Waals surface area (Å²) in [6, 6.07) is 11.6. The Bertz CT molecular complexity index is 1920. The molecule has 0 aliphatic carbocycles. The SMILES string of the molecule is CC(C)(C)OC(=O)N1C2CCC1CN(c1nc(OCC34CCCN3C(CCl)CC4)nc3c(F)c(-c4cccc5cccc(Cl)c45)ncc13)C2. The van der Waals surface area contributed by atoms with E-state index in [-0.39, 0.29) is 40.9 Å². The van der Waals surface area contributed by atoms with Gasteiger partial charge in [-0.2, -0.15) is 9.97 Å². The second kappa shape index (κ2) is 12.4. The van der Waals surface area contributed by atoms with Crippen LogP contribution in [-0.4, -0.2) is 92.2 Å². The van der Waals surface area contributed by atoms with E-state index in [4.69, 9.17) is 42.6 Å². The van der Waals surface area contributed by atoms with E-state index in [9.17, 15) is 4.79 Å². The molecule has 0 spiro atoms. The molecule has 4 aliphatic heterocycles. The molecule has 4 fully saturated rings. The Morgan fingerprint density at radius 2 is 1.82 bits per heavy atom. The predicted molar refractivity (Wildman–Crippen MR) is 190 cm³/mol. The summed E-state index contributed by atoms with van der Waals surface area (Å²) in [6.07, 6.45) is 7.18. The zero-order valence-corrected chi connectivity index (χ0v) is 29.6. The van der Waals surface area contributed by atoms with Crippen LogP contribution in [0.2, 0.25) is 5.02 Å². The molecule has 258 valence electrons. The van der Waals surface area contributed by atoms with Crippen molar-refractivity contribution >= 4 is 56.8 Å². The highest BCUT2D eigenvalue weighted by Gasteiger charge is 2.50. The number of nitrogens with zero attached hydrogens (tertiary/aromatic N) is 6. The summed E-state index contributed by atoms with van der Waals surface area (Å²) in [7, 11) is 0. The van der Waals surface area contributed by atoms with Gasteiger partial charge in [0, 0.05) is 47.2 Å². The number of carbonyl (C=O) groups is 1. The molecule has 4 atom stereocenters. The second-order valence-corrected chi connectivity index (χ2v) is 15.7. The minimum absolute atomic E-state index is 0.0604. The van der Waals surface area contributed by atoms with Crippen molar-refractivity contribution in [2.75, 3.05) is 37.0 Å². The van der Waals surface area contributed by atoms with Gasteiger partial charge in [0.1, 0.15) is 29.2 Å². The molecule has 1 amide bonds. The molecule has 4 aliphatic rings. The Morgan fingerprint density at radius 1 is 1.06 bits per heavy atom. The van der Waals surface area contributed by atoms with E-state index in [1.165, 1.54) is 0 Å². The first-order valence-corrected chi connectivity index (χ1v) is 18.2. The molecule has 0 N–H and O–H groups in total. The van der Waals surface area contributed by atoms with Crippen molar-refractivity contribution in [2.45, 2.75) is 88.6 Å². The third-order valence-corrected chi connectivity index (χ3v) is 11.5. The number of aromatic nitrogens is 3. The fraction of sp³-hybridized carbons (Fsp3) is 0.514. The number of fused-ring (bicyclic) bond motifs is 5. The lowest BCUT2D eigenvalue weighted by Gasteiger charge is -2.42. The van der Waals surface area contributed by atoms with E-state index in [0.717, 1.165) is 55.8 Å². The van der Waals surface area contributed by atoms with Crippen molar-refractivity contribution < 1.29 is 18.7 Å². The maximum Gasteiger partial charge on any atom is 0.410 e. The molecular formula is C37H41Cl2FN6O3. The van der Waals surface area contributed by atoms with Crippen molar-refractivity contribution in [3.05, 3.63) is 53.4 Å². The summed E-state index contributed by atoms with van der Waals surface area (Å²) >= 11 is 13.0. The van der Waals surface area contributed by atoms with Crippen molar-refractivity contribution in [1.82, 2.24) is 24.8 Å². The first-order valence-electron chi connectivity index (χ1n) is 17.3. The van der Waals surface area contributed by atoms with Gasteiger partial charge in [0.05, 0.1) is 23.0 Å². The van der Waals surface area contributed by atoms with Crippen LogP contribution in [0.15, 0.2) is 42.6 Å². The lowest BCUT2D eigenvalue weighted by Crippen LogP contribution is -2.57. The smallest absolute Gasteiger partial charge is 0.410 e. The zero-order valence-electron chi connectivity index (χ0n) is 28.1. The number of hydrogen-bond donors (Lipinski definition) is 0. The van der Waals surface area contributed by atoms with E-state index >= 15 is 4.39 Å². The molecule has 0 radical (unpaired) electrons. The van der Waals surface area contributed by atoms with E-state index in [0.29, 0.717) is 53.4 Å². The molecule has 2 bridgehead atoms. The first kappa shape index (κ1) is 32.7. The summed E-state index contributed by atoms with van der Waals surface area (Å²) in [6.45, 7) is 8.09. The number of piperazine rings is 1. The number of benzene rings is 2. The van der Waals surface area contributed by atoms with Crippen molar-refractivity contribution in [1.29, 1.82) is 0 Å². The normalized spacial score (nSPS) is 25.4. The van der Waals surface area contributed by atoms with Crippen LogP contribution in [0.3, 0.4) is 0 Å².